The average Bonchev–Trinajstić information content (AvgIpc) is 1.96. The molecule has 0 rings (SSSR count). The molecule has 0 aliphatic heterocycles. The van der Waals surface area contributed by atoms with Crippen LogP contribution in [0, 0.1) is 0 Å². The van der Waals surface area contributed by atoms with Crippen LogP contribution in [0.4, 0.5) is 0 Å². The molecular weight excluding hydrogens is 160 g/mol. The number of hydrogen-bond acceptors (Lipinski definition) is 2. The van der Waals surface area contributed by atoms with E-state index in [0.717, 1.165) is 0 Å². The summed E-state index contributed by atoms with van der Waals surface area (Å²) in [7, 11) is 0. The fourth-order valence-corrected chi connectivity index (χ4v) is 0.578. The number of allylic oxidation sites excluding steroid dienone is 1. The van der Waals surface area contributed by atoms with Crippen molar-refractivity contribution in [2.24, 2.45) is 0 Å². The molecule has 0 amide bonds. The number of carboxylic acid groups (broad SMARTS) is 2. The van der Waals surface area contributed by atoms with E-state index in [9.17, 15) is 9.59 Å². The second-order valence-corrected chi connectivity index (χ2v) is 2.05. The van der Waals surface area contributed by atoms with Crippen molar-refractivity contribution in [1.29, 1.82) is 0 Å². The standard InChI is InChI=1S/C8H10O4/c1-2-6(8(11)12)4-3-5-7(9)10/h2-4H,5H2,1H3,(H,9,10)(H,11,12)/b4-3-,6-2+. The highest BCUT2D eigenvalue weighted by molar-refractivity contribution is 5.89. The fourth-order valence-electron chi connectivity index (χ4n) is 0.578. The average molecular weight is 170 g/mol. The van der Waals surface area contributed by atoms with Crippen LogP contribution in [0.25, 0.3) is 0 Å². The Hall–Kier alpha value is -1.58. The normalized spacial score (nSPS) is 11.9. The molecule has 0 fully saturated rings. The Balaban J connectivity index is 4.13. The summed E-state index contributed by atoms with van der Waals surface area (Å²) < 4.78 is 0. The van der Waals surface area contributed by atoms with Crippen LogP contribution < -0.4 is 0 Å². The SMILES string of the molecule is C/C=C(\C=C/CC(=O)O)C(=O)O. The Bertz CT molecular complexity index is 237. The quantitative estimate of drug-likeness (QED) is 0.488. The largest absolute Gasteiger partial charge is 0.481 e. The van der Waals surface area contributed by atoms with Crippen molar-refractivity contribution in [2.75, 3.05) is 0 Å². The maximum Gasteiger partial charge on any atom is 0.335 e. The summed E-state index contributed by atoms with van der Waals surface area (Å²) in [6.07, 6.45) is 3.81. The number of carbonyl (C=O) groups is 2. The minimum Gasteiger partial charge on any atom is -0.481 e. The molecule has 0 saturated heterocycles. The Kier molecular flexibility index (Phi) is 4.45. The van der Waals surface area contributed by atoms with Crippen molar-refractivity contribution in [3.63, 3.8) is 0 Å². The van der Waals surface area contributed by atoms with Gasteiger partial charge < -0.3 is 10.2 Å². The lowest BCUT2D eigenvalue weighted by molar-refractivity contribution is -0.136. The van der Waals surface area contributed by atoms with Crippen molar-refractivity contribution >= 4 is 11.9 Å². The predicted molar refractivity (Wildman–Crippen MR) is 42.8 cm³/mol. The second-order valence-electron chi connectivity index (χ2n) is 2.05. The summed E-state index contributed by atoms with van der Waals surface area (Å²) >= 11 is 0. The molecule has 2 N–H and O–H groups in total. The third-order valence-electron chi connectivity index (χ3n) is 1.15. The second kappa shape index (κ2) is 5.12. The lowest BCUT2D eigenvalue weighted by atomic mass is 10.2. The topological polar surface area (TPSA) is 74.6 Å². The highest BCUT2D eigenvalue weighted by Gasteiger charge is 2.00. The summed E-state index contributed by atoms with van der Waals surface area (Å²) in [6, 6.07) is 0. The summed E-state index contributed by atoms with van der Waals surface area (Å²) in [5.74, 6) is -2.04. The number of rotatable bonds is 4. The molecule has 0 unspecified atom stereocenters. The molecule has 0 saturated carbocycles. The molecule has 0 aromatic rings. The van der Waals surface area contributed by atoms with Crippen LogP contribution in [0.1, 0.15) is 13.3 Å². The predicted octanol–water partition coefficient (Wildman–Crippen LogP) is 1.05. The molecule has 0 atom stereocenters. The van der Waals surface area contributed by atoms with Crippen LogP contribution in [0.5, 0.6) is 0 Å². The van der Waals surface area contributed by atoms with E-state index in [1.807, 2.05) is 0 Å². The monoisotopic (exact) mass is 170 g/mol. The molecule has 4 nitrogen and oxygen atoms in total. The molecule has 0 bridgehead atoms. The van der Waals surface area contributed by atoms with Gasteiger partial charge in [-0.2, -0.15) is 0 Å². The zero-order chi connectivity index (χ0) is 9.56. The van der Waals surface area contributed by atoms with Crippen molar-refractivity contribution < 1.29 is 19.8 Å². The molecule has 0 aliphatic carbocycles. The molecule has 66 valence electrons. The zero-order valence-electron chi connectivity index (χ0n) is 6.65. The van der Waals surface area contributed by atoms with E-state index in [0.29, 0.717) is 0 Å². The van der Waals surface area contributed by atoms with E-state index in [1.165, 1.54) is 18.2 Å². The van der Waals surface area contributed by atoms with Gasteiger partial charge in [0.25, 0.3) is 0 Å². The van der Waals surface area contributed by atoms with Crippen molar-refractivity contribution in [2.45, 2.75) is 13.3 Å². The van der Waals surface area contributed by atoms with Gasteiger partial charge >= 0.3 is 11.9 Å². The molecule has 0 heterocycles. The molecule has 0 aromatic heterocycles. The van der Waals surface area contributed by atoms with Crippen molar-refractivity contribution in [3.8, 4) is 0 Å². The Morgan fingerprint density at radius 1 is 1.33 bits per heavy atom. The highest BCUT2D eigenvalue weighted by atomic mass is 16.4. The molecule has 12 heavy (non-hydrogen) atoms. The van der Waals surface area contributed by atoms with E-state index >= 15 is 0 Å². The lowest BCUT2D eigenvalue weighted by Crippen LogP contribution is -1.97. The number of hydrogen-bond donors (Lipinski definition) is 2. The van der Waals surface area contributed by atoms with Gasteiger partial charge in [-0.1, -0.05) is 18.2 Å². The molecular formula is C8H10O4. The minimum absolute atomic E-state index is 0.0938. The highest BCUT2D eigenvalue weighted by Crippen LogP contribution is 1.97. The van der Waals surface area contributed by atoms with Crippen molar-refractivity contribution in [1.82, 2.24) is 0 Å². The van der Waals surface area contributed by atoms with Gasteiger partial charge in [0.2, 0.25) is 0 Å². The Morgan fingerprint density at radius 2 is 1.92 bits per heavy atom. The molecule has 0 spiro atoms. The van der Waals surface area contributed by atoms with Gasteiger partial charge in [0.15, 0.2) is 0 Å². The Labute approximate surface area is 69.8 Å². The smallest absolute Gasteiger partial charge is 0.335 e. The molecule has 4 heteroatoms. The number of carboxylic acids is 2. The minimum atomic E-state index is -1.06. The van der Waals surface area contributed by atoms with Crippen LogP contribution in [-0.2, 0) is 9.59 Å². The van der Waals surface area contributed by atoms with Crippen LogP contribution in [0.3, 0.4) is 0 Å². The van der Waals surface area contributed by atoms with Crippen LogP contribution in [-0.4, -0.2) is 22.2 Å². The third kappa shape index (κ3) is 4.27. The van der Waals surface area contributed by atoms with Gasteiger partial charge in [-0.15, -0.1) is 0 Å². The first-order chi connectivity index (χ1) is 5.57. The first kappa shape index (κ1) is 10.4. The van der Waals surface area contributed by atoms with E-state index in [2.05, 4.69) is 0 Å². The zero-order valence-corrected chi connectivity index (χ0v) is 6.65. The van der Waals surface area contributed by atoms with E-state index in [-0.39, 0.29) is 12.0 Å². The fraction of sp³-hybridized carbons (Fsp3) is 0.250. The first-order valence-corrected chi connectivity index (χ1v) is 3.36. The molecule has 0 aromatic carbocycles. The summed E-state index contributed by atoms with van der Waals surface area (Å²) in [4.78, 5) is 20.4. The van der Waals surface area contributed by atoms with Gasteiger partial charge in [-0.05, 0) is 6.92 Å². The summed E-state index contributed by atoms with van der Waals surface area (Å²) in [5.41, 5.74) is 0.0938. The third-order valence-corrected chi connectivity index (χ3v) is 1.15. The van der Waals surface area contributed by atoms with Crippen LogP contribution >= 0.6 is 0 Å². The summed E-state index contributed by atoms with van der Waals surface area (Å²) in [6.45, 7) is 1.58. The van der Waals surface area contributed by atoms with E-state index in [1.54, 1.807) is 6.92 Å². The van der Waals surface area contributed by atoms with Crippen LogP contribution in [0.2, 0.25) is 0 Å². The van der Waals surface area contributed by atoms with Gasteiger partial charge in [-0.3, -0.25) is 4.79 Å². The van der Waals surface area contributed by atoms with Gasteiger partial charge in [0.1, 0.15) is 0 Å². The van der Waals surface area contributed by atoms with E-state index < -0.39 is 11.9 Å². The summed E-state index contributed by atoms with van der Waals surface area (Å²) in [5, 5.41) is 16.7. The van der Waals surface area contributed by atoms with Gasteiger partial charge in [0, 0.05) is 0 Å². The van der Waals surface area contributed by atoms with Gasteiger partial charge in [-0.25, -0.2) is 4.79 Å². The van der Waals surface area contributed by atoms with Crippen molar-refractivity contribution in [3.05, 3.63) is 23.8 Å². The lowest BCUT2D eigenvalue weighted by Gasteiger charge is -1.90. The van der Waals surface area contributed by atoms with E-state index in [4.69, 9.17) is 10.2 Å². The van der Waals surface area contributed by atoms with Crippen LogP contribution in [0.15, 0.2) is 23.8 Å². The van der Waals surface area contributed by atoms with Gasteiger partial charge in [0.05, 0.1) is 12.0 Å². The maximum absolute atomic E-state index is 10.3. The number of aliphatic carboxylic acids is 2. The Morgan fingerprint density at radius 3 is 2.25 bits per heavy atom. The first-order valence-electron chi connectivity index (χ1n) is 3.36. The maximum atomic E-state index is 10.3. The molecule has 0 aliphatic rings. The molecule has 0 radical (unpaired) electrons.